The fraction of sp³-hybridized carbons (Fsp3) is 0.200. The maximum absolute atomic E-state index is 13.4. The molecular weight excluding hydrogens is 389 g/mol. The number of hydrogen-bond donors (Lipinski definition) is 1. The third-order valence-corrected chi connectivity index (χ3v) is 4.88. The molecule has 0 amide bonds. The number of para-hydroxylation sites is 1. The number of ether oxygens (including phenoxy) is 2. The van der Waals surface area contributed by atoms with E-state index in [2.05, 4.69) is 20.7 Å². The molecule has 0 aromatic heterocycles. The molecule has 0 aliphatic carbocycles. The highest BCUT2D eigenvalue weighted by Gasteiger charge is 2.19. The van der Waals surface area contributed by atoms with Crippen LogP contribution in [0.4, 0.5) is 4.39 Å². The summed E-state index contributed by atoms with van der Waals surface area (Å²) in [6, 6.07) is 10.6. The minimum Gasteiger partial charge on any atom is -0.495 e. The molecule has 23 heavy (non-hydrogen) atoms. The first-order chi connectivity index (χ1) is 10.9. The molecule has 0 radical (unpaired) electrons. The molecular formula is C15H15BrFNO4S. The molecule has 0 aliphatic rings. The van der Waals surface area contributed by atoms with E-state index >= 15 is 0 Å². The van der Waals surface area contributed by atoms with Crippen molar-refractivity contribution in [3.05, 3.63) is 52.8 Å². The summed E-state index contributed by atoms with van der Waals surface area (Å²) in [7, 11) is -2.38. The van der Waals surface area contributed by atoms with E-state index in [9.17, 15) is 12.8 Å². The van der Waals surface area contributed by atoms with Crippen LogP contribution in [0.1, 0.15) is 0 Å². The zero-order valence-electron chi connectivity index (χ0n) is 12.3. The molecule has 2 rings (SSSR count). The molecule has 0 fully saturated rings. The quantitative estimate of drug-likeness (QED) is 0.721. The number of methoxy groups -OCH3 is 1. The molecule has 0 heterocycles. The van der Waals surface area contributed by atoms with Gasteiger partial charge >= 0.3 is 0 Å². The standard InChI is InChI=1S/C15H15BrFNO4S/c1-21-14-7-6-11(16)10-15(14)23(19,20)18-8-9-22-13-5-3-2-4-12(13)17/h2-7,10,18H,8-9H2,1H3. The third kappa shape index (κ3) is 4.66. The van der Waals surface area contributed by atoms with Crippen LogP contribution in [0.25, 0.3) is 0 Å². The molecule has 0 unspecified atom stereocenters. The molecule has 0 atom stereocenters. The zero-order valence-corrected chi connectivity index (χ0v) is 14.7. The third-order valence-electron chi connectivity index (χ3n) is 2.90. The van der Waals surface area contributed by atoms with Gasteiger partial charge in [-0.05, 0) is 30.3 Å². The van der Waals surface area contributed by atoms with Gasteiger partial charge in [-0.2, -0.15) is 0 Å². The first-order valence-corrected chi connectivity index (χ1v) is 8.92. The Morgan fingerprint density at radius 3 is 2.61 bits per heavy atom. The maximum Gasteiger partial charge on any atom is 0.244 e. The van der Waals surface area contributed by atoms with Crippen LogP contribution in [0.2, 0.25) is 0 Å². The largest absolute Gasteiger partial charge is 0.495 e. The van der Waals surface area contributed by atoms with E-state index in [1.165, 1.54) is 25.3 Å². The van der Waals surface area contributed by atoms with Crippen molar-refractivity contribution in [2.24, 2.45) is 0 Å². The van der Waals surface area contributed by atoms with Crippen LogP contribution in [0.15, 0.2) is 51.8 Å². The van der Waals surface area contributed by atoms with Gasteiger partial charge < -0.3 is 9.47 Å². The Bertz CT molecular complexity index is 783. The summed E-state index contributed by atoms with van der Waals surface area (Å²) in [4.78, 5) is 0.0141. The number of hydrogen-bond acceptors (Lipinski definition) is 4. The van der Waals surface area contributed by atoms with Gasteiger partial charge in [-0.1, -0.05) is 28.1 Å². The van der Waals surface area contributed by atoms with Crippen LogP contribution in [0.5, 0.6) is 11.5 Å². The Kier molecular flexibility index (Phi) is 5.97. The van der Waals surface area contributed by atoms with Gasteiger partial charge in [0.15, 0.2) is 11.6 Å². The Hall–Kier alpha value is -1.64. The van der Waals surface area contributed by atoms with Crippen LogP contribution in [0, 0.1) is 5.82 Å². The summed E-state index contributed by atoms with van der Waals surface area (Å²) in [5.41, 5.74) is 0. The summed E-state index contributed by atoms with van der Waals surface area (Å²) in [5.74, 6) is -0.188. The topological polar surface area (TPSA) is 64.6 Å². The lowest BCUT2D eigenvalue weighted by atomic mass is 10.3. The number of rotatable bonds is 7. The maximum atomic E-state index is 13.4. The minimum absolute atomic E-state index is 0.00349. The molecule has 0 spiro atoms. The van der Waals surface area contributed by atoms with E-state index in [4.69, 9.17) is 9.47 Å². The zero-order chi connectivity index (χ0) is 16.9. The number of benzene rings is 2. The van der Waals surface area contributed by atoms with Gasteiger partial charge in [0.25, 0.3) is 0 Å². The van der Waals surface area contributed by atoms with E-state index in [-0.39, 0.29) is 29.5 Å². The first kappa shape index (κ1) is 17.7. The van der Waals surface area contributed by atoms with Gasteiger partial charge in [-0.25, -0.2) is 17.5 Å². The fourth-order valence-electron chi connectivity index (χ4n) is 1.84. The second-order valence-corrected chi connectivity index (χ2v) is 7.12. The molecule has 0 bridgehead atoms. The van der Waals surface area contributed by atoms with Gasteiger partial charge in [-0.15, -0.1) is 0 Å². The molecule has 2 aromatic rings. The summed E-state index contributed by atoms with van der Waals surface area (Å²) in [5, 5.41) is 0. The van der Waals surface area contributed by atoms with Gasteiger partial charge in [0, 0.05) is 11.0 Å². The number of nitrogens with one attached hydrogen (secondary N) is 1. The van der Waals surface area contributed by atoms with Crippen LogP contribution in [0.3, 0.4) is 0 Å². The summed E-state index contributed by atoms with van der Waals surface area (Å²) in [6.45, 7) is -0.0111. The van der Waals surface area contributed by atoms with E-state index in [0.29, 0.717) is 4.47 Å². The highest BCUT2D eigenvalue weighted by molar-refractivity contribution is 9.10. The number of halogens is 2. The van der Waals surface area contributed by atoms with Crippen molar-refractivity contribution in [3.63, 3.8) is 0 Å². The molecule has 8 heteroatoms. The van der Waals surface area contributed by atoms with E-state index < -0.39 is 15.8 Å². The molecule has 2 aromatic carbocycles. The number of sulfonamides is 1. The van der Waals surface area contributed by atoms with Gasteiger partial charge in [0.1, 0.15) is 17.3 Å². The average Bonchev–Trinajstić information content (AvgIpc) is 2.53. The fourth-order valence-corrected chi connectivity index (χ4v) is 3.56. The summed E-state index contributed by atoms with van der Waals surface area (Å²) in [6.07, 6.45) is 0. The van der Waals surface area contributed by atoms with Crippen LogP contribution in [-0.2, 0) is 10.0 Å². The average molecular weight is 404 g/mol. The summed E-state index contributed by atoms with van der Waals surface area (Å²) >= 11 is 3.22. The van der Waals surface area contributed by atoms with Crippen LogP contribution >= 0.6 is 15.9 Å². The minimum atomic E-state index is -3.77. The van der Waals surface area contributed by atoms with Gasteiger partial charge in [0.05, 0.1) is 7.11 Å². The second kappa shape index (κ2) is 7.76. The highest BCUT2D eigenvalue weighted by atomic mass is 79.9. The van der Waals surface area contributed by atoms with E-state index in [1.54, 1.807) is 24.3 Å². The first-order valence-electron chi connectivity index (χ1n) is 6.64. The van der Waals surface area contributed by atoms with Crippen molar-refractivity contribution in [2.45, 2.75) is 4.90 Å². The molecule has 124 valence electrons. The van der Waals surface area contributed by atoms with Crippen molar-refractivity contribution in [1.82, 2.24) is 4.72 Å². The van der Waals surface area contributed by atoms with Gasteiger partial charge in [-0.3, -0.25) is 0 Å². The molecule has 0 saturated heterocycles. The van der Waals surface area contributed by atoms with Gasteiger partial charge in [0.2, 0.25) is 10.0 Å². The Labute approximate surface area is 142 Å². The van der Waals surface area contributed by atoms with Crippen LogP contribution < -0.4 is 14.2 Å². The highest BCUT2D eigenvalue weighted by Crippen LogP contribution is 2.27. The van der Waals surface area contributed by atoms with Crippen molar-refractivity contribution in [1.29, 1.82) is 0 Å². The SMILES string of the molecule is COc1ccc(Br)cc1S(=O)(=O)NCCOc1ccccc1F. The van der Waals surface area contributed by atoms with E-state index in [1.807, 2.05) is 0 Å². The molecule has 0 saturated carbocycles. The van der Waals surface area contributed by atoms with Crippen LogP contribution in [-0.4, -0.2) is 28.7 Å². The molecule has 1 N–H and O–H groups in total. The normalized spacial score (nSPS) is 11.3. The van der Waals surface area contributed by atoms with E-state index in [0.717, 1.165) is 0 Å². The van der Waals surface area contributed by atoms with Crippen molar-refractivity contribution in [3.8, 4) is 11.5 Å². The van der Waals surface area contributed by atoms with Crippen molar-refractivity contribution >= 4 is 26.0 Å². The Morgan fingerprint density at radius 2 is 1.91 bits per heavy atom. The second-order valence-electron chi connectivity index (χ2n) is 4.47. The lowest BCUT2D eigenvalue weighted by Crippen LogP contribution is -2.28. The monoisotopic (exact) mass is 403 g/mol. The lowest BCUT2D eigenvalue weighted by Gasteiger charge is -2.12. The Morgan fingerprint density at radius 1 is 1.17 bits per heavy atom. The predicted molar refractivity (Wildman–Crippen MR) is 87.8 cm³/mol. The lowest BCUT2D eigenvalue weighted by molar-refractivity contribution is 0.306. The summed E-state index contributed by atoms with van der Waals surface area (Å²) < 4.78 is 51.2. The molecule has 5 nitrogen and oxygen atoms in total. The van der Waals surface area contributed by atoms with Crippen molar-refractivity contribution in [2.75, 3.05) is 20.3 Å². The smallest absolute Gasteiger partial charge is 0.244 e. The molecule has 0 aliphatic heterocycles. The van der Waals surface area contributed by atoms with Crippen molar-refractivity contribution < 1.29 is 22.3 Å². The predicted octanol–water partition coefficient (Wildman–Crippen LogP) is 2.95. The Balaban J connectivity index is 2.00.